The van der Waals surface area contributed by atoms with Gasteiger partial charge in [-0.3, -0.25) is 0 Å². The molecule has 1 atom stereocenters. The summed E-state index contributed by atoms with van der Waals surface area (Å²) in [5.41, 5.74) is 0.429. The van der Waals surface area contributed by atoms with Crippen LogP contribution in [0.15, 0.2) is 0 Å². The number of hydrogen-bond donors (Lipinski definition) is 1. The van der Waals surface area contributed by atoms with Crippen LogP contribution in [0.4, 0.5) is 0 Å². The molecule has 1 unspecified atom stereocenters. The molecule has 2 aliphatic heterocycles. The van der Waals surface area contributed by atoms with Crippen molar-refractivity contribution in [1.29, 1.82) is 0 Å². The van der Waals surface area contributed by atoms with Crippen LogP contribution in [0.2, 0.25) is 0 Å². The van der Waals surface area contributed by atoms with Crippen molar-refractivity contribution in [3.05, 3.63) is 0 Å². The summed E-state index contributed by atoms with van der Waals surface area (Å²) in [4.78, 5) is 0. The second-order valence-corrected chi connectivity index (χ2v) is 4.94. The average Bonchev–Trinajstić information content (AvgIpc) is 2.09. The van der Waals surface area contributed by atoms with Crippen molar-refractivity contribution in [2.24, 2.45) is 11.3 Å². The van der Waals surface area contributed by atoms with E-state index in [-0.39, 0.29) is 0 Å². The largest absolute Gasteiger partial charge is 0.380 e. The van der Waals surface area contributed by atoms with Crippen LogP contribution in [0.3, 0.4) is 0 Å². The van der Waals surface area contributed by atoms with Gasteiger partial charge < -0.3 is 14.8 Å². The molecule has 0 amide bonds. The fourth-order valence-corrected chi connectivity index (χ4v) is 2.98. The molecular weight excluding hydrogens is 178 g/mol. The molecule has 3 fully saturated rings. The van der Waals surface area contributed by atoms with Crippen LogP contribution in [0.1, 0.15) is 19.3 Å². The molecule has 3 heteroatoms. The minimum absolute atomic E-state index is 0.429. The molecule has 80 valence electrons. The predicted molar refractivity (Wildman–Crippen MR) is 53.2 cm³/mol. The number of nitrogens with one attached hydrogen (secondary N) is 1. The molecular formula is C11H19NO2. The first-order chi connectivity index (χ1) is 6.92. The van der Waals surface area contributed by atoms with Gasteiger partial charge in [0.1, 0.15) is 0 Å². The van der Waals surface area contributed by atoms with Gasteiger partial charge in [0.15, 0.2) is 0 Å². The number of morpholine rings is 1. The summed E-state index contributed by atoms with van der Waals surface area (Å²) in [5.74, 6) is 0.899. The lowest BCUT2D eigenvalue weighted by atomic mass is 9.60. The zero-order valence-corrected chi connectivity index (χ0v) is 8.63. The second-order valence-electron chi connectivity index (χ2n) is 4.94. The lowest BCUT2D eigenvalue weighted by Crippen LogP contribution is -2.65. The van der Waals surface area contributed by atoms with E-state index < -0.39 is 0 Å². The van der Waals surface area contributed by atoms with E-state index in [2.05, 4.69) is 5.32 Å². The Morgan fingerprint density at radius 2 is 2.00 bits per heavy atom. The molecule has 1 N–H and O–H groups in total. The highest BCUT2D eigenvalue weighted by Crippen LogP contribution is 2.49. The maximum atomic E-state index is 5.56. The van der Waals surface area contributed by atoms with E-state index in [4.69, 9.17) is 9.47 Å². The van der Waals surface area contributed by atoms with Gasteiger partial charge in [0.2, 0.25) is 0 Å². The summed E-state index contributed by atoms with van der Waals surface area (Å²) < 4.78 is 11.0. The van der Waals surface area contributed by atoms with E-state index in [1.54, 1.807) is 0 Å². The average molecular weight is 197 g/mol. The Morgan fingerprint density at radius 1 is 1.14 bits per heavy atom. The molecule has 0 spiro atoms. The van der Waals surface area contributed by atoms with Crippen molar-refractivity contribution in [2.45, 2.75) is 25.3 Å². The smallest absolute Gasteiger partial charge is 0.0627 e. The molecule has 0 radical (unpaired) electrons. The molecule has 1 aliphatic carbocycles. The Labute approximate surface area is 85.1 Å². The van der Waals surface area contributed by atoms with Crippen LogP contribution in [-0.2, 0) is 9.47 Å². The summed E-state index contributed by atoms with van der Waals surface area (Å²) in [5, 5.41) is 3.61. The Kier molecular flexibility index (Phi) is 2.26. The van der Waals surface area contributed by atoms with Gasteiger partial charge in [-0.1, -0.05) is 6.42 Å². The third-order valence-corrected chi connectivity index (χ3v) is 4.28. The van der Waals surface area contributed by atoms with Crippen LogP contribution in [0.5, 0.6) is 0 Å². The molecule has 3 nitrogen and oxygen atoms in total. The SMILES string of the molecule is C1CC(C2(C3COCCN3)COC2)C1. The maximum absolute atomic E-state index is 5.56. The lowest BCUT2D eigenvalue weighted by molar-refractivity contribution is -0.193. The number of ether oxygens (including phenoxy) is 2. The first-order valence-electron chi connectivity index (χ1n) is 5.81. The molecule has 0 aromatic heterocycles. The zero-order chi connectivity index (χ0) is 9.43. The fourth-order valence-electron chi connectivity index (χ4n) is 2.98. The summed E-state index contributed by atoms with van der Waals surface area (Å²) in [6.07, 6.45) is 4.23. The van der Waals surface area contributed by atoms with Gasteiger partial charge in [-0.05, 0) is 18.8 Å². The van der Waals surface area contributed by atoms with Crippen molar-refractivity contribution >= 4 is 0 Å². The van der Waals surface area contributed by atoms with E-state index in [0.717, 1.165) is 38.9 Å². The van der Waals surface area contributed by atoms with Gasteiger partial charge in [0.05, 0.1) is 26.4 Å². The van der Waals surface area contributed by atoms with Crippen molar-refractivity contribution < 1.29 is 9.47 Å². The Morgan fingerprint density at radius 3 is 2.43 bits per heavy atom. The van der Waals surface area contributed by atoms with Crippen LogP contribution >= 0.6 is 0 Å². The normalized spacial score (nSPS) is 37.3. The van der Waals surface area contributed by atoms with E-state index in [1.807, 2.05) is 0 Å². The highest BCUT2D eigenvalue weighted by molar-refractivity contribution is 5.03. The van der Waals surface area contributed by atoms with E-state index >= 15 is 0 Å². The Hall–Kier alpha value is -0.120. The molecule has 3 aliphatic rings. The van der Waals surface area contributed by atoms with Crippen LogP contribution in [0, 0.1) is 11.3 Å². The monoisotopic (exact) mass is 197 g/mol. The quantitative estimate of drug-likeness (QED) is 0.710. The van der Waals surface area contributed by atoms with Crippen molar-refractivity contribution in [3.63, 3.8) is 0 Å². The maximum Gasteiger partial charge on any atom is 0.0627 e. The molecule has 2 saturated heterocycles. The summed E-state index contributed by atoms with van der Waals surface area (Å²) in [6, 6.07) is 0.551. The fraction of sp³-hybridized carbons (Fsp3) is 1.00. The summed E-state index contributed by atoms with van der Waals surface area (Å²) in [6.45, 7) is 4.69. The first-order valence-corrected chi connectivity index (χ1v) is 5.81. The molecule has 1 saturated carbocycles. The van der Waals surface area contributed by atoms with Crippen molar-refractivity contribution in [3.8, 4) is 0 Å². The van der Waals surface area contributed by atoms with Gasteiger partial charge >= 0.3 is 0 Å². The summed E-state index contributed by atoms with van der Waals surface area (Å²) >= 11 is 0. The van der Waals surface area contributed by atoms with E-state index in [1.165, 1.54) is 19.3 Å². The number of rotatable bonds is 2. The van der Waals surface area contributed by atoms with Crippen LogP contribution < -0.4 is 5.32 Å². The highest BCUT2D eigenvalue weighted by atomic mass is 16.5. The zero-order valence-electron chi connectivity index (χ0n) is 8.63. The third-order valence-electron chi connectivity index (χ3n) is 4.28. The lowest BCUT2D eigenvalue weighted by Gasteiger charge is -2.55. The number of hydrogen-bond acceptors (Lipinski definition) is 3. The standard InChI is InChI=1S/C11H19NO2/c1-2-9(3-1)11(7-14-8-11)10-6-13-5-4-12-10/h9-10,12H,1-8H2. The van der Waals surface area contributed by atoms with Crippen LogP contribution in [0.25, 0.3) is 0 Å². The van der Waals surface area contributed by atoms with Crippen LogP contribution in [-0.4, -0.2) is 39.0 Å². The molecule has 0 bridgehead atoms. The topological polar surface area (TPSA) is 30.5 Å². The van der Waals surface area contributed by atoms with E-state index in [9.17, 15) is 0 Å². The minimum Gasteiger partial charge on any atom is -0.380 e. The highest BCUT2D eigenvalue weighted by Gasteiger charge is 2.53. The molecule has 14 heavy (non-hydrogen) atoms. The molecule has 2 heterocycles. The minimum atomic E-state index is 0.429. The molecule has 0 aromatic rings. The van der Waals surface area contributed by atoms with Gasteiger partial charge in [0.25, 0.3) is 0 Å². The Balaban J connectivity index is 1.71. The predicted octanol–water partition coefficient (Wildman–Crippen LogP) is 0.791. The summed E-state index contributed by atoms with van der Waals surface area (Å²) in [7, 11) is 0. The van der Waals surface area contributed by atoms with Gasteiger partial charge in [-0.2, -0.15) is 0 Å². The first kappa shape index (κ1) is 9.13. The van der Waals surface area contributed by atoms with Gasteiger partial charge in [0, 0.05) is 18.0 Å². The molecule has 3 rings (SSSR count). The van der Waals surface area contributed by atoms with Crippen molar-refractivity contribution in [2.75, 3.05) is 33.0 Å². The molecule has 0 aromatic carbocycles. The van der Waals surface area contributed by atoms with Crippen molar-refractivity contribution in [1.82, 2.24) is 5.32 Å². The van der Waals surface area contributed by atoms with E-state index in [0.29, 0.717) is 11.5 Å². The third kappa shape index (κ3) is 1.23. The van der Waals surface area contributed by atoms with Gasteiger partial charge in [-0.25, -0.2) is 0 Å². The Bertz CT molecular complexity index is 205. The second kappa shape index (κ2) is 3.47. The van der Waals surface area contributed by atoms with Gasteiger partial charge in [-0.15, -0.1) is 0 Å².